The molecular formula is C25H35N3O5. The molecule has 2 saturated heterocycles. The Balaban J connectivity index is 1.56. The van der Waals surface area contributed by atoms with Crippen molar-refractivity contribution in [2.75, 3.05) is 26.8 Å². The van der Waals surface area contributed by atoms with Gasteiger partial charge in [0.1, 0.15) is 17.5 Å². The summed E-state index contributed by atoms with van der Waals surface area (Å²) in [6.07, 6.45) is 3.37. The van der Waals surface area contributed by atoms with Crippen LogP contribution in [0.4, 0.5) is 0 Å². The number of likely N-dealkylation sites (tertiary alicyclic amines) is 1. The van der Waals surface area contributed by atoms with E-state index in [0.29, 0.717) is 43.7 Å². The van der Waals surface area contributed by atoms with Gasteiger partial charge in [-0.3, -0.25) is 19.3 Å². The summed E-state index contributed by atoms with van der Waals surface area (Å²) in [6.45, 7) is 7.29. The third-order valence-corrected chi connectivity index (χ3v) is 6.60. The van der Waals surface area contributed by atoms with E-state index >= 15 is 0 Å². The molecule has 0 bridgehead atoms. The van der Waals surface area contributed by atoms with Crippen LogP contribution in [0.1, 0.15) is 63.2 Å². The first-order valence-corrected chi connectivity index (χ1v) is 11.8. The fourth-order valence-electron chi connectivity index (χ4n) is 4.66. The predicted molar refractivity (Wildman–Crippen MR) is 123 cm³/mol. The molecule has 3 amide bonds. The van der Waals surface area contributed by atoms with Crippen LogP contribution in [0.2, 0.25) is 0 Å². The molecule has 180 valence electrons. The smallest absolute Gasteiger partial charge is 0.257 e. The summed E-state index contributed by atoms with van der Waals surface area (Å²) in [5.74, 6) is 0.273. The SMILES string of the molecule is COc1cccc(C(=O)N2C(C(=O)NC3CC3)COC23CCN(C(=O)CC(C)(C)C)CC3)c1. The normalized spacial score (nSPS) is 22.4. The number of nitrogens with one attached hydrogen (secondary N) is 1. The van der Waals surface area contributed by atoms with Gasteiger partial charge in [-0.1, -0.05) is 26.8 Å². The van der Waals surface area contributed by atoms with Gasteiger partial charge in [-0.15, -0.1) is 0 Å². The van der Waals surface area contributed by atoms with Gasteiger partial charge in [0.2, 0.25) is 11.8 Å². The summed E-state index contributed by atoms with van der Waals surface area (Å²) in [5.41, 5.74) is -0.532. The van der Waals surface area contributed by atoms with Crippen LogP contribution in [0.15, 0.2) is 24.3 Å². The maximum absolute atomic E-state index is 13.7. The second-order valence-corrected chi connectivity index (χ2v) is 10.6. The molecule has 1 aromatic rings. The van der Waals surface area contributed by atoms with Crippen molar-refractivity contribution < 1.29 is 23.9 Å². The van der Waals surface area contributed by atoms with Gasteiger partial charge in [-0.25, -0.2) is 0 Å². The van der Waals surface area contributed by atoms with Gasteiger partial charge in [0.25, 0.3) is 5.91 Å². The molecule has 3 aliphatic rings. The quantitative estimate of drug-likeness (QED) is 0.734. The number of hydrogen-bond donors (Lipinski definition) is 1. The van der Waals surface area contributed by atoms with Crippen molar-refractivity contribution in [2.45, 2.75) is 70.7 Å². The lowest BCUT2D eigenvalue weighted by Crippen LogP contribution is -2.60. The van der Waals surface area contributed by atoms with Crippen LogP contribution >= 0.6 is 0 Å². The van der Waals surface area contributed by atoms with E-state index in [1.807, 2.05) is 25.7 Å². The first kappa shape index (κ1) is 23.5. The maximum Gasteiger partial charge on any atom is 0.257 e. The minimum Gasteiger partial charge on any atom is -0.497 e. The average molecular weight is 458 g/mol. The number of carbonyl (C=O) groups excluding carboxylic acids is 3. The highest BCUT2D eigenvalue weighted by molar-refractivity contribution is 5.99. The van der Waals surface area contributed by atoms with E-state index in [4.69, 9.17) is 9.47 Å². The molecule has 8 nitrogen and oxygen atoms in total. The summed E-state index contributed by atoms with van der Waals surface area (Å²) >= 11 is 0. The van der Waals surface area contributed by atoms with Gasteiger partial charge in [-0.2, -0.15) is 0 Å². The van der Waals surface area contributed by atoms with Crippen molar-refractivity contribution >= 4 is 17.7 Å². The number of ether oxygens (including phenoxy) is 2. The van der Waals surface area contributed by atoms with E-state index in [0.717, 1.165) is 12.8 Å². The third kappa shape index (κ3) is 5.16. The predicted octanol–water partition coefficient (Wildman–Crippen LogP) is 2.57. The molecule has 2 aliphatic heterocycles. The molecule has 0 radical (unpaired) electrons. The molecule has 4 rings (SSSR count). The molecule has 3 fully saturated rings. The van der Waals surface area contributed by atoms with Crippen LogP contribution in [0.25, 0.3) is 0 Å². The monoisotopic (exact) mass is 457 g/mol. The zero-order valence-corrected chi connectivity index (χ0v) is 20.1. The van der Waals surface area contributed by atoms with E-state index < -0.39 is 11.8 Å². The Hall–Kier alpha value is -2.61. The van der Waals surface area contributed by atoms with Crippen molar-refractivity contribution in [2.24, 2.45) is 5.41 Å². The lowest BCUT2D eigenvalue weighted by Gasteiger charge is -2.45. The average Bonchev–Trinajstić information content (AvgIpc) is 3.52. The molecule has 1 unspecified atom stereocenters. The Bertz CT molecular complexity index is 913. The Morgan fingerprint density at radius 3 is 2.48 bits per heavy atom. The van der Waals surface area contributed by atoms with Crippen molar-refractivity contribution in [1.82, 2.24) is 15.1 Å². The minimum atomic E-state index is -0.899. The molecule has 1 saturated carbocycles. The van der Waals surface area contributed by atoms with Crippen LogP contribution in [0.3, 0.4) is 0 Å². The standard InChI is InChI=1S/C25H35N3O5/c1-24(2,3)15-21(29)27-12-10-25(11-13-27)28(20(16-33-25)22(30)26-18-8-9-18)23(31)17-6-5-7-19(14-17)32-4/h5-7,14,18,20H,8-13,15-16H2,1-4H3,(H,26,30). The lowest BCUT2D eigenvalue weighted by atomic mass is 9.90. The highest BCUT2D eigenvalue weighted by Gasteiger charge is 2.54. The zero-order valence-electron chi connectivity index (χ0n) is 20.1. The van der Waals surface area contributed by atoms with Crippen LogP contribution in [0.5, 0.6) is 5.75 Å². The number of rotatable bonds is 5. The van der Waals surface area contributed by atoms with Crippen LogP contribution < -0.4 is 10.1 Å². The van der Waals surface area contributed by atoms with Gasteiger partial charge in [0, 0.05) is 44.0 Å². The Kier molecular flexibility index (Phi) is 6.40. The number of methoxy groups -OCH3 is 1. The summed E-state index contributed by atoms with van der Waals surface area (Å²) in [6, 6.07) is 6.47. The van der Waals surface area contributed by atoms with Gasteiger partial charge in [0.05, 0.1) is 13.7 Å². The first-order chi connectivity index (χ1) is 15.6. The second kappa shape index (κ2) is 8.97. The molecular weight excluding hydrogens is 422 g/mol. The number of amides is 3. The molecule has 1 spiro atoms. The number of benzene rings is 1. The maximum atomic E-state index is 13.7. The Morgan fingerprint density at radius 2 is 1.88 bits per heavy atom. The second-order valence-electron chi connectivity index (χ2n) is 10.6. The van der Waals surface area contributed by atoms with E-state index in [1.165, 1.54) is 0 Å². The highest BCUT2D eigenvalue weighted by Crippen LogP contribution is 2.39. The van der Waals surface area contributed by atoms with Crippen LogP contribution in [-0.4, -0.2) is 72.1 Å². The van der Waals surface area contributed by atoms with Crippen LogP contribution in [-0.2, 0) is 14.3 Å². The summed E-state index contributed by atoms with van der Waals surface area (Å²) in [5, 5.41) is 3.03. The largest absolute Gasteiger partial charge is 0.497 e. The molecule has 1 aromatic carbocycles. The van der Waals surface area contributed by atoms with Gasteiger partial charge >= 0.3 is 0 Å². The van der Waals surface area contributed by atoms with E-state index in [9.17, 15) is 14.4 Å². The zero-order chi connectivity index (χ0) is 23.8. The Morgan fingerprint density at radius 1 is 1.18 bits per heavy atom. The molecule has 33 heavy (non-hydrogen) atoms. The molecule has 0 aromatic heterocycles. The molecule has 1 aliphatic carbocycles. The summed E-state index contributed by atoms with van der Waals surface area (Å²) < 4.78 is 11.5. The van der Waals surface area contributed by atoms with Crippen molar-refractivity contribution in [3.05, 3.63) is 29.8 Å². The van der Waals surface area contributed by atoms with E-state index in [1.54, 1.807) is 36.3 Å². The fourth-order valence-corrected chi connectivity index (χ4v) is 4.66. The van der Waals surface area contributed by atoms with Crippen molar-refractivity contribution in [3.63, 3.8) is 0 Å². The minimum absolute atomic E-state index is 0.0869. The van der Waals surface area contributed by atoms with Crippen LogP contribution in [0, 0.1) is 5.41 Å². The molecule has 2 heterocycles. The topological polar surface area (TPSA) is 88.2 Å². The number of hydrogen-bond acceptors (Lipinski definition) is 5. The third-order valence-electron chi connectivity index (χ3n) is 6.60. The van der Waals surface area contributed by atoms with Gasteiger partial charge in [0.15, 0.2) is 0 Å². The van der Waals surface area contributed by atoms with E-state index in [2.05, 4.69) is 5.32 Å². The van der Waals surface area contributed by atoms with E-state index in [-0.39, 0.29) is 35.8 Å². The molecule has 1 atom stereocenters. The lowest BCUT2D eigenvalue weighted by molar-refractivity contribution is -0.145. The number of piperidine rings is 1. The summed E-state index contributed by atoms with van der Waals surface area (Å²) in [4.78, 5) is 43.0. The first-order valence-electron chi connectivity index (χ1n) is 11.8. The highest BCUT2D eigenvalue weighted by atomic mass is 16.5. The Labute approximate surface area is 195 Å². The van der Waals surface area contributed by atoms with Gasteiger partial charge < -0.3 is 19.7 Å². The molecule has 1 N–H and O–H groups in total. The molecule has 8 heteroatoms. The van der Waals surface area contributed by atoms with Crippen molar-refractivity contribution in [1.29, 1.82) is 0 Å². The summed E-state index contributed by atoms with van der Waals surface area (Å²) in [7, 11) is 1.56. The fraction of sp³-hybridized carbons (Fsp3) is 0.640. The van der Waals surface area contributed by atoms with Crippen molar-refractivity contribution in [3.8, 4) is 5.75 Å². The van der Waals surface area contributed by atoms with Gasteiger partial charge in [-0.05, 0) is 36.5 Å². The number of nitrogens with zero attached hydrogens (tertiary/aromatic N) is 2. The number of carbonyl (C=O) groups is 3.